The molecular formula is C11H21ClOS. The number of hydrogen-bond acceptors (Lipinski definition) is 2. The highest BCUT2D eigenvalue weighted by molar-refractivity contribution is 7.99. The van der Waals surface area contributed by atoms with Gasteiger partial charge in [-0.05, 0) is 43.1 Å². The molecule has 0 amide bonds. The average Bonchev–Trinajstić information content (AvgIpc) is 2.69. The quantitative estimate of drug-likeness (QED) is 0.494. The topological polar surface area (TPSA) is 9.23 Å². The summed E-state index contributed by atoms with van der Waals surface area (Å²) in [5.41, 5.74) is 0. The fourth-order valence-corrected chi connectivity index (χ4v) is 2.91. The van der Waals surface area contributed by atoms with E-state index in [9.17, 15) is 0 Å². The van der Waals surface area contributed by atoms with Crippen LogP contribution < -0.4 is 0 Å². The molecule has 0 aliphatic carbocycles. The first-order chi connectivity index (χ1) is 6.83. The highest BCUT2D eigenvalue weighted by Gasteiger charge is 2.14. The van der Waals surface area contributed by atoms with Crippen molar-refractivity contribution < 1.29 is 4.74 Å². The Balaban J connectivity index is 1.84. The maximum atomic E-state index is 5.74. The van der Waals surface area contributed by atoms with E-state index in [1.165, 1.54) is 37.2 Å². The van der Waals surface area contributed by atoms with Crippen LogP contribution in [-0.4, -0.2) is 30.1 Å². The van der Waals surface area contributed by atoms with Gasteiger partial charge in [-0.1, -0.05) is 6.92 Å². The molecule has 2 unspecified atom stereocenters. The van der Waals surface area contributed by atoms with Crippen LogP contribution in [0.3, 0.4) is 0 Å². The average molecular weight is 237 g/mol. The molecule has 3 heteroatoms. The van der Waals surface area contributed by atoms with Crippen molar-refractivity contribution in [2.75, 3.05) is 24.0 Å². The van der Waals surface area contributed by atoms with E-state index in [4.69, 9.17) is 16.3 Å². The van der Waals surface area contributed by atoms with Gasteiger partial charge in [-0.15, -0.1) is 11.6 Å². The van der Waals surface area contributed by atoms with Gasteiger partial charge >= 0.3 is 0 Å². The lowest BCUT2D eigenvalue weighted by atomic mass is 10.1. The van der Waals surface area contributed by atoms with Gasteiger partial charge in [0.25, 0.3) is 0 Å². The third kappa shape index (κ3) is 5.47. The van der Waals surface area contributed by atoms with Gasteiger partial charge < -0.3 is 4.74 Å². The van der Waals surface area contributed by atoms with Gasteiger partial charge in [0.15, 0.2) is 0 Å². The molecule has 1 nitrogen and oxygen atoms in total. The highest BCUT2D eigenvalue weighted by Crippen LogP contribution is 2.19. The SMILES string of the molecule is CC(CCl)CSCCCC1CCCO1. The minimum atomic E-state index is 0.570. The molecule has 84 valence electrons. The lowest BCUT2D eigenvalue weighted by molar-refractivity contribution is 0.104. The van der Waals surface area contributed by atoms with Gasteiger partial charge in [0.05, 0.1) is 6.10 Å². The van der Waals surface area contributed by atoms with Crippen LogP contribution in [0.4, 0.5) is 0 Å². The predicted octanol–water partition coefficient (Wildman–Crippen LogP) is 3.55. The Morgan fingerprint density at radius 1 is 1.57 bits per heavy atom. The molecule has 0 spiro atoms. The molecular weight excluding hydrogens is 216 g/mol. The van der Waals surface area contributed by atoms with Crippen LogP contribution in [0.25, 0.3) is 0 Å². The van der Waals surface area contributed by atoms with Crippen LogP contribution in [0.5, 0.6) is 0 Å². The summed E-state index contributed by atoms with van der Waals surface area (Å²) in [5.74, 6) is 3.92. The van der Waals surface area contributed by atoms with Crippen molar-refractivity contribution in [3.8, 4) is 0 Å². The van der Waals surface area contributed by atoms with Gasteiger partial charge in [0, 0.05) is 12.5 Å². The van der Waals surface area contributed by atoms with Gasteiger partial charge in [0.1, 0.15) is 0 Å². The van der Waals surface area contributed by atoms with Crippen molar-refractivity contribution in [3.05, 3.63) is 0 Å². The highest BCUT2D eigenvalue weighted by atomic mass is 35.5. The van der Waals surface area contributed by atoms with Crippen molar-refractivity contribution in [1.29, 1.82) is 0 Å². The van der Waals surface area contributed by atoms with E-state index in [1.807, 2.05) is 11.8 Å². The van der Waals surface area contributed by atoms with Crippen molar-refractivity contribution >= 4 is 23.4 Å². The summed E-state index contributed by atoms with van der Waals surface area (Å²) < 4.78 is 5.57. The standard InChI is InChI=1S/C11H21ClOS/c1-10(8-12)9-14-7-3-5-11-4-2-6-13-11/h10-11H,2-9H2,1H3. The Kier molecular flexibility index (Phi) is 7.09. The molecule has 1 heterocycles. The molecule has 0 bridgehead atoms. The summed E-state index contributed by atoms with van der Waals surface area (Å²) in [4.78, 5) is 0. The molecule has 2 atom stereocenters. The summed E-state index contributed by atoms with van der Waals surface area (Å²) >= 11 is 7.76. The molecule has 1 fully saturated rings. The zero-order chi connectivity index (χ0) is 10.2. The molecule has 14 heavy (non-hydrogen) atoms. The van der Waals surface area contributed by atoms with E-state index in [1.54, 1.807) is 0 Å². The largest absolute Gasteiger partial charge is 0.378 e. The molecule has 1 aliphatic heterocycles. The van der Waals surface area contributed by atoms with Crippen molar-refractivity contribution in [2.45, 2.75) is 38.7 Å². The maximum absolute atomic E-state index is 5.74. The summed E-state index contributed by atoms with van der Waals surface area (Å²) in [6.45, 7) is 3.20. The Morgan fingerprint density at radius 3 is 3.07 bits per heavy atom. The van der Waals surface area contributed by atoms with Crippen molar-refractivity contribution in [2.24, 2.45) is 5.92 Å². The summed E-state index contributed by atoms with van der Waals surface area (Å²) in [5, 5.41) is 0. The van der Waals surface area contributed by atoms with E-state index >= 15 is 0 Å². The van der Waals surface area contributed by atoms with Gasteiger partial charge in [-0.3, -0.25) is 0 Å². The third-order valence-corrected chi connectivity index (χ3v) is 4.41. The molecule has 0 saturated carbocycles. The fourth-order valence-electron chi connectivity index (χ4n) is 1.61. The van der Waals surface area contributed by atoms with Crippen LogP contribution in [0.1, 0.15) is 32.6 Å². The number of hydrogen-bond donors (Lipinski definition) is 0. The summed E-state index contributed by atoms with van der Waals surface area (Å²) in [6, 6.07) is 0. The van der Waals surface area contributed by atoms with Crippen LogP contribution in [0.2, 0.25) is 0 Å². The Labute approximate surface area is 96.9 Å². The Bertz CT molecular complexity index is 137. The second-order valence-electron chi connectivity index (χ2n) is 4.11. The molecule has 1 aliphatic rings. The minimum absolute atomic E-state index is 0.570. The zero-order valence-corrected chi connectivity index (χ0v) is 10.6. The molecule has 1 rings (SSSR count). The Hall–Kier alpha value is 0.600. The lowest BCUT2D eigenvalue weighted by Crippen LogP contribution is -2.05. The van der Waals surface area contributed by atoms with Crippen molar-refractivity contribution in [1.82, 2.24) is 0 Å². The van der Waals surface area contributed by atoms with Gasteiger partial charge in [0.2, 0.25) is 0 Å². The van der Waals surface area contributed by atoms with E-state index in [-0.39, 0.29) is 0 Å². The predicted molar refractivity (Wildman–Crippen MR) is 65.4 cm³/mol. The number of rotatable bonds is 7. The molecule has 0 aromatic heterocycles. The van der Waals surface area contributed by atoms with Crippen molar-refractivity contribution in [3.63, 3.8) is 0 Å². The zero-order valence-electron chi connectivity index (χ0n) is 9.01. The van der Waals surface area contributed by atoms with Gasteiger partial charge in [-0.2, -0.15) is 11.8 Å². The van der Waals surface area contributed by atoms with Crippen LogP contribution in [0.15, 0.2) is 0 Å². The first-order valence-corrected chi connectivity index (χ1v) is 7.27. The van der Waals surface area contributed by atoms with E-state index < -0.39 is 0 Å². The molecule has 0 aromatic rings. The smallest absolute Gasteiger partial charge is 0.0576 e. The summed E-state index contributed by atoms with van der Waals surface area (Å²) in [6.07, 6.45) is 5.66. The van der Waals surface area contributed by atoms with Crippen LogP contribution in [0, 0.1) is 5.92 Å². The number of halogens is 1. The van der Waals surface area contributed by atoms with Crippen LogP contribution >= 0.6 is 23.4 Å². The lowest BCUT2D eigenvalue weighted by Gasteiger charge is -2.09. The van der Waals surface area contributed by atoms with Gasteiger partial charge in [-0.25, -0.2) is 0 Å². The normalized spacial score (nSPS) is 24.0. The second kappa shape index (κ2) is 7.84. The second-order valence-corrected chi connectivity index (χ2v) is 5.57. The first kappa shape index (κ1) is 12.7. The number of ether oxygens (including phenoxy) is 1. The number of alkyl halides is 1. The third-order valence-electron chi connectivity index (χ3n) is 2.50. The Morgan fingerprint density at radius 2 is 2.43 bits per heavy atom. The monoisotopic (exact) mass is 236 g/mol. The maximum Gasteiger partial charge on any atom is 0.0576 e. The van der Waals surface area contributed by atoms with E-state index in [2.05, 4.69) is 6.92 Å². The molecule has 0 N–H and O–H groups in total. The number of thioether (sulfide) groups is 1. The minimum Gasteiger partial charge on any atom is -0.378 e. The molecule has 0 radical (unpaired) electrons. The summed E-state index contributed by atoms with van der Waals surface area (Å²) in [7, 11) is 0. The van der Waals surface area contributed by atoms with Crippen LogP contribution in [-0.2, 0) is 4.74 Å². The van der Waals surface area contributed by atoms with E-state index in [0.717, 1.165) is 12.5 Å². The van der Waals surface area contributed by atoms with E-state index in [0.29, 0.717) is 12.0 Å². The molecule has 0 aromatic carbocycles. The first-order valence-electron chi connectivity index (χ1n) is 5.58. The fraction of sp³-hybridized carbons (Fsp3) is 1.00. The molecule has 1 saturated heterocycles.